The zero-order chi connectivity index (χ0) is 47.8. The largest absolute Gasteiger partial charge is 0.497 e. The average molecular weight is 899 g/mol. The van der Waals surface area contributed by atoms with E-state index < -0.39 is 17.9 Å². The minimum atomic E-state index is -0.421. The van der Waals surface area contributed by atoms with Crippen molar-refractivity contribution in [3.8, 4) is 22.3 Å². The first-order valence-electron chi connectivity index (χ1n) is 21.6. The van der Waals surface area contributed by atoms with Crippen LogP contribution in [0.1, 0.15) is 22.3 Å². The number of hydrogen-bond acceptors (Lipinski definition) is 9. The molecule has 0 saturated heterocycles. The normalized spacial score (nSPS) is 11.2. The molecule has 0 N–H and O–H groups in total. The van der Waals surface area contributed by atoms with Crippen LogP contribution < -0.4 is 9.80 Å². The third kappa shape index (κ3) is 12.2. The van der Waals surface area contributed by atoms with Crippen LogP contribution in [0.25, 0.3) is 46.6 Å². The number of allylic oxidation sites excluding steroid dienone is 1. The Morgan fingerprint density at radius 2 is 0.529 bits per heavy atom. The molecule has 0 heterocycles. The molecule has 0 amide bonds. The molecular formula is C59H50N2O7. The predicted molar refractivity (Wildman–Crippen MR) is 275 cm³/mol. The number of methoxy groups -OCH3 is 4. The van der Waals surface area contributed by atoms with Gasteiger partial charge in [-0.15, -0.1) is 0 Å². The second kappa shape index (κ2) is 22.8. The average Bonchev–Trinajstić information content (AvgIpc) is 3.40. The monoisotopic (exact) mass is 898 g/mol. The van der Waals surface area contributed by atoms with Crippen LogP contribution in [0.2, 0.25) is 0 Å². The number of rotatable bonds is 17. The lowest BCUT2D eigenvalue weighted by molar-refractivity contribution is -0.135. The van der Waals surface area contributed by atoms with Crippen LogP contribution in [-0.4, -0.2) is 46.3 Å². The van der Waals surface area contributed by atoms with Gasteiger partial charge in [-0.05, 0) is 142 Å². The van der Waals surface area contributed by atoms with Crippen LogP contribution in [0.5, 0.6) is 0 Å². The van der Waals surface area contributed by atoms with E-state index in [0.717, 1.165) is 78.6 Å². The van der Waals surface area contributed by atoms with Crippen LogP contribution >= 0.6 is 0 Å². The quantitative estimate of drug-likeness (QED) is 0.0291. The third-order valence-corrected chi connectivity index (χ3v) is 11.0. The molecule has 7 aromatic carbocycles. The molecule has 0 radical (unpaired) electrons. The molecule has 7 aromatic rings. The molecule has 0 aliphatic rings. The van der Waals surface area contributed by atoms with E-state index in [1.165, 1.54) is 39.6 Å². The Balaban J connectivity index is 1.12. The van der Waals surface area contributed by atoms with Crippen molar-refractivity contribution in [2.45, 2.75) is 0 Å². The first-order valence-corrected chi connectivity index (χ1v) is 21.6. The highest BCUT2D eigenvalue weighted by atomic mass is 16.5. The fourth-order valence-corrected chi connectivity index (χ4v) is 7.25. The van der Waals surface area contributed by atoms with Gasteiger partial charge < -0.3 is 28.7 Å². The number of carbonyl (C=O) groups excluding carboxylic acids is 3. The van der Waals surface area contributed by atoms with E-state index in [-0.39, 0.29) is 0 Å². The maximum Gasteiger partial charge on any atom is 0.330 e. The Bertz CT molecular complexity index is 2610. The number of anilines is 6. The SMILES string of the molecule is C=C(/C=C/c1ccc(N(c2ccc(/C=C/C(=O)OC)cc2)c2ccc(-c3ccc(-c4ccc(N(c5ccc(/C=C/C(=O)OC)cc5)c5ccc(/C=C/C(=O)OC)cc5)cc4)cc3)cc2)cc1)OC. The minimum absolute atomic E-state index is 0.410. The van der Waals surface area contributed by atoms with Gasteiger partial charge in [0.25, 0.3) is 0 Å². The van der Waals surface area contributed by atoms with E-state index in [0.29, 0.717) is 5.76 Å². The lowest BCUT2D eigenvalue weighted by atomic mass is 9.99. The molecule has 0 fully saturated rings. The Labute approximate surface area is 397 Å². The molecule has 0 bridgehead atoms. The van der Waals surface area contributed by atoms with Crippen LogP contribution in [0.15, 0.2) is 207 Å². The van der Waals surface area contributed by atoms with Crippen molar-refractivity contribution in [1.29, 1.82) is 0 Å². The van der Waals surface area contributed by atoms with Crippen molar-refractivity contribution in [2.24, 2.45) is 0 Å². The van der Waals surface area contributed by atoms with Crippen molar-refractivity contribution in [1.82, 2.24) is 0 Å². The number of ether oxygens (including phenoxy) is 4. The molecule has 0 saturated carbocycles. The van der Waals surface area contributed by atoms with Gasteiger partial charge in [-0.1, -0.05) is 110 Å². The van der Waals surface area contributed by atoms with Gasteiger partial charge in [-0.2, -0.15) is 0 Å². The van der Waals surface area contributed by atoms with Crippen molar-refractivity contribution in [3.63, 3.8) is 0 Å². The number of benzene rings is 7. The molecule has 0 aromatic heterocycles. The molecule has 7 rings (SSSR count). The van der Waals surface area contributed by atoms with Gasteiger partial charge >= 0.3 is 17.9 Å². The van der Waals surface area contributed by atoms with Gasteiger partial charge in [0.05, 0.1) is 28.4 Å². The summed E-state index contributed by atoms with van der Waals surface area (Å²) in [6, 6.07) is 57.5. The van der Waals surface area contributed by atoms with Gasteiger partial charge in [-0.25, -0.2) is 14.4 Å². The third-order valence-electron chi connectivity index (χ3n) is 11.0. The summed E-state index contributed by atoms with van der Waals surface area (Å²) in [5.41, 5.74) is 13.6. The Hall–Kier alpha value is -8.95. The zero-order valence-electron chi connectivity index (χ0n) is 38.2. The highest BCUT2D eigenvalue weighted by Crippen LogP contribution is 2.38. The maximum atomic E-state index is 11.7. The molecule has 68 heavy (non-hydrogen) atoms. The van der Waals surface area contributed by atoms with Crippen LogP contribution in [-0.2, 0) is 33.3 Å². The molecule has 0 atom stereocenters. The van der Waals surface area contributed by atoms with Gasteiger partial charge in [0.1, 0.15) is 5.76 Å². The second-order valence-electron chi connectivity index (χ2n) is 15.3. The molecule has 0 aliphatic carbocycles. The van der Waals surface area contributed by atoms with E-state index in [2.05, 4.69) is 113 Å². The van der Waals surface area contributed by atoms with Crippen molar-refractivity contribution in [3.05, 3.63) is 229 Å². The van der Waals surface area contributed by atoms with Crippen molar-refractivity contribution in [2.75, 3.05) is 38.2 Å². The first-order chi connectivity index (χ1) is 33.1. The van der Waals surface area contributed by atoms with Gasteiger partial charge in [-0.3, -0.25) is 0 Å². The molecule has 9 nitrogen and oxygen atoms in total. The smallest absolute Gasteiger partial charge is 0.330 e. The molecular weight excluding hydrogens is 849 g/mol. The van der Waals surface area contributed by atoms with Crippen molar-refractivity contribution >= 4 is 76.3 Å². The molecule has 9 heteroatoms. The molecule has 0 spiro atoms. The lowest BCUT2D eigenvalue weighted by Crippen LogP contribution is -2.09. The molecule has 0 aliphatic heterocycles. The summed E-state index contributed by atoms with van der Waals surface area (Å²) < 4.78 is 19.4. The topological polar surface area (TPSA) is 94.6 Å². The predicted octanol–water partition coefficient (Wildman–Crippen LogP) is 13.7. The van der Waals surface area contributed by atoms with E-state index in [1.807, 2.05) is 84.9 Å². The van der Waals surface area contributed by atoms with Crippen LogP contribution in [0.3, 0.4) is 0 Å². The zero-order valence-corrected chi connectivity index (χ0v) is 38.2. The molecule has 338 valence electrons. The van der Waals surface area contributed by atoms with Gasteiger partial charge in [0.15, 0.2) is 0 Å². The van der Waals surface area contributed by atoms with Crippen LogP contribution in [0.4, 0.5) is 34.1 Å². The highest BCUT2D eigenvalue weighted by Gasteiger charge is 2.15. The first kappa shape index (κ1) is 47.0. The standard InChI is InChI=1S/C59H50N2O7/c1-42(65-2)6-7-43-8-27-51(28-9-43)60(52-29-10-44(11-30-52)16-39-57(62)66-3)55-35-23-49(24-36-55)47-19-21-48(22-20-47)50-25-37-56(38-26-50)61(53-31-12-45(13-32-53)17-40-58(63)67-4)54-33-14-46(15-34-54)18-41-59(64)68-5/h6-41H,1H2,2-5H3/b7-6+,39-16+,40-17+,41-18+. The summed E-state index contributed by atoms with van der Waals surface area (Å²) in [4.78, 5) is 39.4. The van der Waals surface area contributed by atoms with Gasteiger partial charge in [0, 0.05) is 52.4 Å². The number of nitrogens with zero attached hydrogens (tertiary/aromatic N) is 2. The number of hydrogen-bond donors (Lipinski definition) is 0. The van der Waals surface area contributed by atoms with E-state index >= 15 is 0 Å². The summed E-state index contributed by atoms with van der Waals surface area (Å²) >= 11 is 0. The van der Waals surface area contributed by atoms with E-state index in [4.69, 9.17) is 18.9 Å². The lowest BCUT2D eigenvalue weighted by Gasteiger charge is -2.26. The van der Waals surface area contributed by atoms with Gasteiger partial charge in [0.2, 0.25) is 0 Å². The highest BCUT2D eigenvalue weighted by molar-refractivity contribution is 5.89. The van der Waals surface area contributed by atoms with E-state index in [9.17, 15) is 14.4 Å². The summed E-state index contributed by atoms with van der Waals surface area (Å²) in [5, 5.41) is 0. The number of esters is 3. The Morgan fingerprint density at radius 3 is 0.750 bits per heavy atom. The summed E-state index contributed by atoms with van der Waals surface area (Å²) in [5.74, 6) is -0.677. The fourth-order valence-electron chi connectivity index (χ4n) is 7.25. The Morgan fingerprint density at radius 1 is 0.324 bits per heavy atom. The minimum Gasteiger partial charge on any atom is -0.497 e. The summed E-state index contributed by atoms with van der Waals surface area (Å²) in [6.45, 7) is 3.87. The Kier molecular flexibility index (Phi) is 15.8. The van der Waals surface area contributed by atoms with E-state index in [1.54, 1.807) is 25.3 Å². The number of carbonyl (C=O) groups is 3. The molecule has 0 unspecified atom stereocenters. The summed E-state index contributed by atoms with van der Waals surface area (Å²) in [6.07, 6.45) is 13.1. The fraction of sp³-hybridized carbons (Fsp3) is 0.0678. The van der Waals surface area contributed by atoms with Crippen LogP contribution in [0, 0.1) is 0 Å². The maximum absolute atomic E-state index is 11.7. The summed E-state index contributed by atoms with van der Waals surface area (Å²) in [7, 11) is 5.66. The second-order valence-corrected chi connectivity index (χ2v) is 15.3. The van der Waals surface area contributed by atoms with Crippen molar-refractivity contribution < 1.29 is 33.3 Å².